The molecule has 0 aromatic heterocycles. The van der Waals surface area contributed by atoms with Crippen LogP contribution in [-0.4, -0.2) is 35.0 Å². The van der Waals surface area contributed by atoms with Crippen LogP contribution >= 0.6 is 12.2 Å². The summed E-state index contributed by atoms with van der Waals surface area (Å²) in [5.41, 5.74) is 4.59. The van der Waals surface area contributed by atoms with Crippen molar-refractivity contribution in [3.8, 4) is 0 Å². The van der Waals surface area contributed by atoms with Gasteiger partial charge < -0.3 is 20.3 Å². The molecule has 35 heavy (non-hydrogen) atoms. The molecule has 1 heterocycles. The van der Waals surface area contributed by atoms with Gasteiger partial charge in [-0.2, -0.15) is 0 Å². The number of rotatable bonds is 10. The summed E-state index contributed by atoms with van der Waals surface area (Å²) in [6.07, 6.45) is 4.59. The normalized spacial score (nSPS) is 15.6. The third-order valence-corrected chi connectivity index (χ3v) is 6.51. The van der Waals surface area contributed by atoms with E-state index < -0.39 is 6.04 Å². The second kappa shape index (κ2) is 12.5. The molecule has 0 bridgehead atoms. The number of esters is 1. The molecule has 3 rings (SSSR count). The molecule has 2 N–H and O–H groups in total. The predicted octanol–water partition coefficient (Wildman–Crippen LogP) is 5.76. The molecule has 0 fully saturated rings. The van der Waals surface area contributed by atoms with E-state index in [0.717, 1.165) is 24.1 Å². The van der Waals surface area contributed by atoms with Gasteiger partial charge in [-0.05, 0) is 81.2 Å². The van der Waals surface area contributed by atoms with Gasteiger partial charge >= 0.3 is 5.97 Å². The number of carbonyl (C=O) groups is 2. The molecular formula is C28H35N3O3S. The summed E-state index contributed by atoms with van der Waals surface area (Å²) in [6, 6.07) is 14.8. The molecule has 0 saturated heterocycles. The maximum absolute atomic E-state index is 12.9. The monoisotopic (exact) mass is 493 g/mol. The highest BCUT2D eigenvalue weighted by atomic mass is 32.1. The smallest absolute Gasteiger partial charge is 0.338 e. The number of thiocarbonyl (C=S) groups is 1. The fraction of sp³-hybridized carbons (Fsp3) is 0.393. The van der Waals surface area contributed by atoms with Crippen LogP contribution in [-0.2, 0) is 16.0 Å². The van der Waals surface area contributed by atoms with Crippen LogP contribution in [0.1, 0.15) is 74.5 Å². The molecule has 1 aliphatic rings. The molecular weight excluding hydrogens is 458 g/mol. The van der Waals surface area contributed by atoms with Gasteiger partial charge in [-0.3, -0.25) is 4.79 Å². The number of amides is 1. The molecule has 0 saturated carbocycles. The lowest BCUT2D eigenvalue weighted by Gasteiger charge is -2.37. The van der Waals surface area contributed by atoms with Crippen LogP contribution in [0.15, 0.2) is 59.8 Å². The number of allylic oxidation sites excluding steroid dienone is 1. The van der Waals surface area contributed by atoms with Gasteiger partial charge in [0.15, 0.2) is 5.11 Å². The lowest BCUT2D eigenvalue weighted by Crippen LogP contribution is -2.47. The minimum Gasteiger partial charge on any atom is -0.463 e. The molecule has 2 aromatic carbocycles. The van der Waals surface area contributed by atoms with Crippen molar-refractivity contribution in [2.75, 3.05) is 18.5 Å². The maximum atomic E-state index is 12.9. The first-order valence-corrected chi connectivity index (χ1v) is 12.8. The Kier molecular flexibility index (Phi) is 9.43. The van der Waals surface area contributed by atoms with E-state index in [2.05, 4.69) is 17.6 Å². The van der Waals surface area contributed by atoms with Crippen molar-refractivity contribution in [1.29, 1.82) is 0 Å². The number of nitrogens with one attached hydrogen (secondary N) is 2. The highest BCUT2D eigenvalue weighted by Gasteiger charge is 2.34. The molecule has 6 nitrogen and oxygen atoms in total. The quantitative estimate of drug-likeness (QED) is 0.249. The van der Waals surface area contributed by atoms with Gasteiger partial charge in [-0.25, -0.2) is 4.79 Å². The Morgan fingerprint density at radius 1 is 1.09 bits per heavy atom. The molecule has 0 radical (unpaired) electrons. The Morgan fingerprint density at radius 2 is 1.83 bits per heavy atom. The fourth-order valence-electron chi connectivity index (χ4n) is 4.29. The zero-order valence-corrected chi connectivity index (χ0v) is 21.8. The third-order valence-electron chi connectivity index (χ3n) is 6.17. The van der Waals surface area contributed by atoms with Crippen LogP contribution in [0.4, 0.5) is 5.69 Å². The van der Waals surface area contributed by atoms with Gasteiger partial charge in [0, 0.05) is 23.5 Å². The molecule has 7 heteroatoms. The minimum absolute atomic E-state index is 0.177. The zero-order chi connectivity index (χ0) is 25.4. The van der Waals surface area contributed by atoms with Gasteiger partial charge in [0.05, 0.1) is 18.2 Å². The fourth-order valence-corrected chi connectivity index (χ4v) is 4.67. The van der Waals surface area contributed by atoms with Crippen molar-refractivity contribution in [2.24, 2.45) is 0 Å². The van der Waals surface area contributed by atoms with Gasteiger partial charge in [0.25, 0.3) is 5.91 Å². The summed E-state index contributed by atoms with van der Waals surface area (Å²) < 4.78 is 5.35. The lowest BCUT2D eigenvalue weighted by molar-refractivity contribution is -0.139. The van der Waals surface area contributed by atoms with E-state index in [0.29, 0.717) is 28.5 Å². The van der Waals surface area contributed by atoms with Crippen molar-refractivity contribution in [2.45, 2.75) is 59.4 Å². The number of aryl methyl sites for hydroxylation is 1. The standard InChI is InChI=1S/C28H35N3O3S/c1-5-8-9-11-20-14-16-21(17-15-20)26(32)29-23-13-10-12-22(18-23)25-24(27(33)34-7-3)19(4)31(6-2)28(35)30-25/h10,12-18,25H,5-9,11H2,1-4H3,(H,29,32)(H,30,35). The van der Waals surface area contributed by atoms with Crippen molar-refractivity contribution in [3.05, 3.63) is 76.5 Å². The number of hydrogen-bond acceptors (Lipinski definition) is 4. The minimum atomic E-state index is -0.469. The van der Waals surface area contributed by atoms with Gasteiger partial charge in [-0.15, -0.1) is 0 Å². The van der Waals surface area contributed by atoms with Crippen LogP contribution in [0.3, 0.4) is 0 Å². The van der Waals surface area contributed by atoms with Crippen LogP contribution < -0.4 is 10.6 Å². The van der Waals surface area contributed by atoms with Crippen molar-refractivity contribution in [1.82, 2.24) is 10.2 Å². The largest absolute Gasteiger partial charge is 0.463 e. The Balaban J connectivity index is 1.81. The number of hydrogen-bond donors (Lipinski definition) is 2. The van der Waals surface area contributed by atoms with Gasteiger partial charge in [0.1, 0.15) is 0 Å². The van der Waals surface area contributed by atoms with E-state index in [9.17, 15) is 9.59 Å². The summed E-state index contributed by atoms with van der Waals surface area (Å²) in [5.74, 6) is -0.555. The first-order valence-electron chi connectivity index (χ1n) is 12.4. The highest BCUT2D eigenvalue weighted by molar-refractivity contribution is 7.80. The Hall–Kier alpha value is -3.19. The van der Waals surface area contributed by atoms with Crippen LogP contribution in [0, 0.1) is 0 Å². The molecule has 0 spiro atoms. The Morgan fingerprint density at radius 3 is 2.49 bits per heavy atom. The summed E-state index contributed by atoms with van der Waals surface area (Å²) in [7, 11) is 0. The molecule has 2 aromatic rings. The second-order valence-electron chi connectivity index (χ2n) is 8.58. The SMILES string of the molecule is CCCCCc1ccc(C(=O)Nc2cccc(C3NC(=S)N(CC)C(C)=C3C(=O)OCC)c2)cc1. The average Bonchev–Trinajstić information content (AvgIpc) is 2.84. The van der Waals surface area contributed by atoms with E-state index >= 15 is 0 Å². The Labute approximate surface area is 213 Å². The number of benzene rings is 2. The van der Waals surface area contributed by atoms with E-state index in [1.165, 1.54) is 18.4 Å². The van der Waals surface area contributed by atoms with Crippen LogP contribution in [0.2, 0.25) is 0 Å². The van der Waals surface area contributed by atoms with E-state index in [4.69, 9.17) is 17.0 Å². The first-order chi connectivity index (χ1) is 16.9. The summed E-state index contributed by atoms with van der Waals surface area (Å²) in [5, 5.41) is 6.81. The number of unbranched alkanes of at least 4 members (excludes halogenated alkanes) is 2. The molecule has 1 atom stereocenters. The molecule has 1 aliphatic heterocycles. The van der Waals surface area contributed by atoms with Crippen LogP contribution in [0.5, 0.6) is 0 Å². The Bertz CT molecular complexity index is 1090. The lowest BCUT2D eigenvalue weighted by atomic mass is 9.94. The molecule has 0 aliphatic carbocycles. The van der Waals surface area contributed by atoms with Gasteiger partial charge in [0.2, 0.25) is 0 Å². The molecule has 1 unspecified atom stereocenters. The number of nitrogens with zero attached hydrogens (tertiary/aromatic N) is 1. The highest BCUT2D eigenvalue weighted by Crippen LogP contribution is 2.32. The number of anilines is 1. The zero-order valence-electron chi connectivity index (χ0n) is 21.0. The van der Waals surface area contributed by atoms with E-state index in [1.807, 2.05) is 67.3 Å². The van der Waals surface area contributed by atoms with Crippen molar-refractivity contribution in [3.63, 3.8) is 0 Å². The molecule has 1 amide bonds. The summed E-state index contributed by atoms with van der Waals surface area (Å²) >= 11 is 5.55. The molecule has 186 valence electrons. The topological polar surface area (TPSA) is 70.7 Å². The number of carbonyl (C=O) groups excluding carboxylic acids is 2. The predicted molar refractivity (Wildman–Crippen MR) is 144 cm³/mol. The summed E-state index contributed by atoms with van der Waals surface area (Å²) in [6.45, 7) is 8.76. The third kappa shape index (κ3) is 6.48. The number of ether oxygens (including phenoxy) is 1. The first kappa shape index (κ1) is 26.4. The maximum Gasteiger partial charge on any atom is 0.338 e. The van der Waals surface area contributed by atoms with Gasteiger partial charge in [-0.1, -0.05) is 44.0 Å². The second-order valence-corrected chi connectivity index (χ2v) is 8.97. The van der Waals surface area contributed by atoms with Crippen molar-refractivity contribution >= 4 is 34.9 Å². The summed E-state index contributed by atoms with van der Waals surface area (Å²) in [4.78, 5) is 27.6. The van der Waals surface area contributed by atoms with E-state index in [1.54, 1.807) is 6.92 Å². The van der Waals surface area contributed by atoms with Crippen molar-refractivity contribution < 1.29 is 14.3 Å². The van der Waals surface area contributed by atoms with E-state index in [-0.39, 0.29) is 18.5 Å². The average molecular weight is 494 g/mol. The van der Waals surface area contributed by atoms with Crippen LogP contribution in [0.25, 0.3) is 0 Å².